The highest BCUT2D eigenvalue weighted by Crippen LogP contribution is 2.33. The maximum Gasteiger partial charge on any atom is 0.293 e. The summed E-state index contributed by atoms with van der Waals surface area (Å²) < 4.78 is 1.81. The Balaban J connectivity index is 1.69. The number of nitrogens with zero attached hydrogens (tertiary/aromatic N) is 2. The van der Waals surface area contributed by atoms with E-state index in [2.05, 4.69) is 29.5 Å². The summed E-state index contributed by atoms with van der Waals surface area (Å²) in [4.78, 5) is 16.5. The molecule has 2 heterocycles. The van der Waals surface area contributed by atoms with E-state index in [9.17, 15) is 4.79 Å². The molecule has 110 valence electrons. The Labute approximate surface area is 119 Å². The lowest BCUT2D eigenvalue weighted by molar-refractivity contribution is 0.188. The fourth-order valence-electron chi connectivity index (χ4n) is 3.00. The number of hydrogen-bond donors (Lipinski definition) is 2. The van der Waals surface area contributed by atoms with Crippen LogP contribution in [0.15, 0.2) is 17.2 Å². The molecule has 1 atom stereocenters. The smallest absolute Gasteiger partial charge is 0.293 e. The van der Waals surface area contributed by atoms with Crippen LogP contribution in [0, 0.1) is 5.41 Å². The van der Waals surface area contributed by atoms with Crippen LogP contribution in [0.25, 0.3) is 0 Å². The molecule has 1 unspecified atom stereocenters. The van der Waals surface area contributed by atoms with Gasteiger partial charge in [-0.1, -0.05) is 13.8 Å². The molecule has 0 bridgehead atoms. The zero-order valence-corrected chi connectivity index (χ0v) is 12.4. The van der Waals surface area contributed by atoms with Gasteiger partial charge >= 0.3 is 0 Å². The van der Waals surface area contributed by atoms with Crippen molar-refractivity contribution in [2.75, 3.05) is 18.4 Å². The monoisotopic (exact) mass is 276 g/mol. The summed E-state index contributed by atoms with van der Waals surface area (Å²) in [6.07, 6.45) is 8.19. The van der Waals surface area contributed by atoms with Crippen molar-refractivity contribution in [3.05, 3.63) is 22.7 Å². The minimum Gasteiger partial charge on any atom is -0.364 e. The van der Waals surface area contributed by atoms with Crippen molar-refractivity contribution >= 4 is 5.82 Å². The fourth-order valence-corrected chi connectivity index (χ4v) is 3.00. The van der Waals surface area contributed by atoms with Crippen molar-refractivity contribution in [2.45, 2.75) is 51.6 Å². The lowest BCUT2D eigenvalue weighted by Gasteiger charge is -2.39. The largest absolute Gasteiger partial charge is 0.364 e. The van der Waals surface area contributed by atoms with Gasteiger partial charge in [-0.2, -0.15) is 0 Å². The predicted molar refractivity (Wildman–Crippen MR) is 80.1 cm³/mol. The Morgan fingerprint density at radius 1 is 1.50 bits per heavy atom. The average Bonchev–Trinajstić information content (AvgIpc) is 3.23. The number of anilines is 1. The van der Waals surface area contributed by atoms with Crippen LogP contribution in [0.2, 0.25) is 0 Å². The molecule has 0 amide bonds. The van der Waals surface area contributed by atoms with Gasteiger partial charge in [0.15, 0.2) is 5.82 Å². The standard InChI is InChI=1S/C15H24N4O/c1-15(2)6-3-7-16-12(15)10-18-13-14(20)19(9-8-17-13)11-4-5-11/h8-9,11-12,16H,3-7,10H2,1-2H3,(H,17,18). The first-order valence-electron chi connectivity index (χ1n) is 7.62. The molecule has 0 radical (unpaired) electrons. The second-order valence-corrected chi connectivity index (χ2v) is 6.70. The van der Waals surface area contributed by atoms with Crippen LogP contribution in [-0.4, -0.2) is 28.7 Å². The lowest BCUT2D eigenvalue weighted by Crippen LogP contribution is -2.50. The highest BCUT2D eigenvalue weighted by molar-refractivity contribution is 5.31. The van der Waals surface area contributed by atoms with E-state index in [-0.39, 0.29) is 11.0 Å². The summed E-state index contributed by atoms with van der Waals surface area (Å²) in [7, 11) is 0. The van der Waals surface area contributed by atoms with Gasteiger partial charge in [0.05, 0.1) is 0 Å². The predicted octanol–water partition coefficient (Wildman–Crippen LogP) is 1.77. The topological polar surface area (TPSA) is 59.0 Å². The quantitative estimate of drug-likeness (QED) is 0.880. The zero-order valence-electron chi connectivity index (χ0n) is 12.4. The Kier molecular flexibility index (Phi) is 3.54. The van der Waals surface area contributed by atoms with Gasteiger partial charge in [0.1, 0.15) is 0 Å². The van der Waals surface area contributed by atoms with Crippen LogP contribution in [0.5, 0.6) is 0 Å². The Morgan fingerprint density at radius 3 is 3.00 bits per heavy atom. The van der Waals surface area contributed by atoms with Gasteiger partial charge in [0, 0.05) is 31.0 Å². The van der Waals surface area contributed by atoms with Crippen molar-refractivity contribution in [1.82, 2.24) is 14.9 Å². The molecule has 5 heteroatoms. The highest BCUT2D eigenvalue weighted by atomic mass is 16.1. The van der Waals surface area contributed by atoms with Crippen molar-refractivity contribution in [3.8, 4) is 0 Å². The molecule has 3 rings (SSSR count). The van der Waals surface area contributed by atoms with E-state index in [4.69, 9.17) is 0 Å². The average molecular weight is 276 g/mol. The van der Waals surface area contributed by atoms with E-state index in [1.165, 1.54) is 12.8 Å². The van der Waals surface area contributed by atoms with Crippen molar-refractivity contribution in [2.24, 2.45) is 5.41 Å². The van der Waals surface area contributed by atoms with Crippen LogP contribution in [-0.2, 0) is 0 Å². The van der Waals surface area contributed by atoms with Gasteiger partial charge < -0.3 is 15.2 Å². The zero-order chi connectivity index (χ0) is 14.2. The first-order chi connectivity index (χ1) is 9.58. The van der Waals surface area contributed by atoms with Gasteiger partial charge in [0.25, 0.3) is 5.56 Å². The third-order valence-corrected chi connectivity index (χ3v) is 4.61. The first-order valence-corrected chi connectivity index (χ1v) is 7.62. The second kappa shape index (κ2) is 5.20. The maximum absolute atomic E-state index is 12.3. The molecule has 2 aliphatic rings. The van der Waals surface area contributed by atoms with E-state index in [0.717, 1.165) is 25.9 Å². The number of nitrogens with one attached hydrogen (secondary N) is 2. The van der Waals surface area contributed by atoms with Crippen molar-refractivity contribution in [3.63, 3.8) is 0 Å². The van der Waals surface area contributed by atoms with Crippen LogP contribution >= 0.6 is 0 Å². The fraction of sp³-hybridized carbons (Fsp3) is 0.733. The molecule has 2 fully saturated rings. The summed E-state index contributed by atoms with van der Waals surface area (Å²) in [6, 6.07) is 0.780. The molecule has 1 aromatic rings. The molecule has 1 saturated heterocycles. The molecule has 0 spiro atoms. The Hall–Kier alpha value is -1.36. The number of rotatable bonds is 4. The molecule has 1 aliphatic heterocycles. The van der Waals surface area contributed by atoms with Gasteiger partial charge in [-0.05, 0) is 37.6 Å². The highest BCUT2D eigenvalue weighted by Gasteiger charge is 2.32. The normalized spacial score (nSPS) is 25.4. The van der Waals surface area contributed by atoms with Gasteiger partial charge in [-0.15, -0.1) is 0 Å². The van der Waals surface area contributed by atoms with E-state index >= 15 is 0 Å². The summed E-state index contributed by atoms with van der Waals surface area (Å²) >= 11 is 0. The minimum atomic E-state index is 0.0172. The lowest BCUT2D eigenvalue weighted by atomic mass is 9.77. The SMILES string of the molecule is CC1(C)CCCNC1CNc1nccn(C2CC2)c1=O. The molecule has 1 saturated carbocycles. The van der Waals surface area contributed by atoms with Crippen LogP contribution in [0.1, 0.15) is 45.6 Å². The number of piperidine rings is 1. The Morgan fingerprint density at radius 2 is 2.30 bits per heavy atom. The van der Waals surface area contributed by atoms with Crippen LogP contribution in [0.4, 0.5) is 5.82 Å². The molecular weight excluding hydrogens is 252 g/mol. The third kappa shape index (κ3) is 2.73. The second-order valence-electron chi connectivity index (χ2n) is 6.70. The van der Waals surface area contributed by atoms with Gasteiger partial charge in [0.2, 0.25) is 0 Å². The molecule has 1 aliphatic carbocycles. The van der Waals surface area contributed by atoms with E-state index in [1.807, 2.05) is 4.57 Å². The van der Waals surface area contributed by atoms with Crippen LogP contribution in [0.3, 0.4) is 0 Å². The van der Waals surface area contributed by atoms with Crippen LogP contribution < -0.4 is 16.2 Å². The molecule has 5 nitrogen and oxygen atoms in total. The van der Waals surface area contributed by atoms with E-state index < -0.39 is 0 Å². The summed E-state index contributed by atoms with van der Waals surface area (Å²) in [6.45, 7) is 6.38. The van der Waals surface area contributed by atoms with E-state index in [0.29, 0.717) is 17.9 Å². The summed E-state index contributed by atoms with van der Waals surface area (Å²) in [5, 5.41) is 6.80. The molecule has 1 aromatic heterocycles. The first kappa shape index (κ1) is 13.6. The van der Waals surface area contributed by atoms with E-state index in [1.54, 1.807) is 12.4 Å². The summed E-state index contributed by atoms with van der Waals surface area (Å²) in [5.74, 6) is 0.488. The Bertz CT molecular complexity index is 533. The van der Waals surface area contributed by atoms with Gasteiger partial charge in [-0.25, -0.2) is 4.98 Å². The molecular formula is C15H24N4O. The minimum absolute atomic E-state index is 0.0172. The summed E-state index contributed by atoms with van der Waals surface area (Å²) in [5.41, 5.74) is 0.277. The number of aromatic nitrogens is 2. The van der Waals surface area contributed by atoms with Crippen molar-refractivity contribution in [1.29, 1.82) is 0 Å². The third-order valence-electron chi connectivity index (χ3n) is 4.61. The van der Waals surface area contributed by atoms with Crippen molar-refractivity contribution < 1.29 is 0 Å². The van der Waals surface area contributed by atoms with Gasteiger partial charge in [-0.3, -0.25) is 4.79 Å². The molecule has 2 N–H and O–H groups in total. The molecule has 0 aromatic carbocycles. The maximum atomic E-state index is 12.3. The molecule has 20 heavy (non-hydrogen) atoms. The number of hydrogen-bond acceptors (Lipinski definition) is 4.